The summed E-state index contributed by atoms with van der Waals surface area (Å²) < 4.78 is 37.9. The second-order valence-electron chi connectivity index (χ2n) is 7.29. The van der Waals surface area contributed by atoms with Crippen LogP contribution in [0.2, 0.25) is 0 Å². The summed E-state index contributed by atoms with van der Waals surface area (Å²) >= 11 is 0. The van der Waals surface area contributed by atoms with Crippen molar-refractivity contribution in [2.24, 2.45) is 0 Å². The van der Waals surface area contributed by atoms with Gasteiger partial charge in [-0.25, -0.2) is 9.69 Å². The third-order valence-electron chi connectivity index (χ3n) is 5.17. The van der Waals surface area contributed by atoms with E-state index in [4.69, 9.17) is 0 Å². The van der Waals surface area contributed by atoms with Gasteiger partial charge in [-0.2, -0.15) is 13.2 Å². The SMILES string of the molecule is C[NH+](Cc1ccc(C(F)(F)F)cc1)CN1C(=O)NC2(CCCCC2)C1=O. The number of benzene rings is 1. The molecule has 2 fully saturated rings. The Labute approximate surface area is 150 Å². The molecule has 3 amide bonds. The van der Waals surface area contributed by atoms with E-state index in [9.17, 15) is 22.8 Å². The van der Waals surface area contributed by atoms with E-state index in [-0.39, 0.29) is 18.6 Å². The molecular weight excluding hydrogens is 347 g/mol. The minimum atomic E-state index is -4.36. The molecule has 2 aliphatic rings. The lowest BCUT2D eigenvalue weighted by Gasteiger charge is -2.30. The summed E-state index contributed by atoms with van der Waals surface area (Å²) in [5, 5.41) is 2.86. The van der Waals surface area contributed by atoms with Crippen LogP contribution >= 0.6 is 0 Å². The van der Waals surface area contributed by atoms with E-state index in [2.05, 4.69) is 5.32 Å². The average Bonchev–Trinajstić information content (AvgIpc) is 2.79. The standard InChI is InChI=1S/C18H22F3N3O2/c1-23(11-13-5-7-14(8-6-13)18(19,20)21)12-24-15(25)17(22-16(24)26)9-3-2-4-10-17/h5-8H,2-4,9-12H2,1H3,(H,22,26)/p+1. The number of carbonyl (C=O) groups excluding carboxylic acids is 2. The second kappa shape index (κ2) is 6.90. The fourth-order valence-electron chi connectivity index (χ4n) is 3.80. The molecule has 0 aromatic heterocycles. The fourth-order valence-corrected chi connectivity index (χ4v) is 3.80. The number of nitrogens with one attached hydrogen (secondary N) is 2. The number of urea groups is 1. The first-order valence-corrected chi connectivity index (χ1v) is 8.83. The predicted molar refractivity (Wildman–Crippen MR) is 88.1 cm³/mol. The minimum Gasteiger partial charge on any atom is -0.323 e. The minimum absolute atomic E-state index is 0.172. The number of carbonyl (C=O) groups is 2. The van der Waals surface area contributed by atoms with Gasteiger partial charge < -0.3 is 10.2 Å². The van der Waals surface area contributed by atoms with Gasteiger partial charge in [-0.1, -0.05) is 31.4 Å². The van der Waals surface area contributed by atoms with Crippen LogP contribution in [0.15, 0.2) is 24.3 Å². The summed E-state index contributed by atoms with van der Waals surface area (Å²) in [7, 11) is 1.81. The van der Waals surface area contributed by atoms with Crippen molar-refractivity contribution in [1.82, 2.24) is 10.2 Å². The molecule has 2 N–H and O–H groups in total. The van der Waals surface area contributed by atoms with Gasteiger partial charge in [-0.05, 0) is 25.0 Å². The lowest BCUT2D eigenvalue weighted by atomic mass is 9.82. The van der Waals surface area contributed by atoms with Crippen molar-refractivity contribution in [1.29, 1.82) is 0 Å². The van der Waals surface area contributed by atoms with E-state index in [1.807, 2.05) is 7.05 Å². The third kappa shape index (κ3) is 3.70. The van der Waals surface area contributed by atoms with Crippen molar-refractivity contribution in [2.75, 3.05) is 13.7 Å². The van der Waals surface area contributed by atoms with Crippen LogP contribution in [0.3, 0.4) is 0 Å². The van der Waals surface area contributed by atoms with E-state index >= 15 is 0 Å². The van der Waals surface area contributed by atoms with Gasteiger partial charge in [0.05, 0.1) is 12.6 Å². The Morgan fingerprint density at radius 1 is 1.12 bits per heavy atom. The first kappa shape index (κ1) is 18.7. The van der Waals surface area contributed by atoms with Crippen molar-refractivity contribution in [2.45, 2.75) is 50.4 Å². The van der Waals surface area contributed by atoms with Crippen LogP contribution in [0.5, 0.6) is 0 Å². The van der Waals surface area contributed by atoms with Crippen LogP contribution in [0.4, 0.5) is 18.0 Å². The predicted octanol–water partition coefficient (Wildman–Crippen LogP) is 1.93. The molecule has 1 unspecified atom stereocenters. The van der Waals surface area contributed by atoms with Crippen LogP contribution < -0.4 is 10.2 Å². The van der Waals surface area contributed by atoms with E-state index < -0.39 is 17.3 Å². The lowest BCUT2D eigenvalue weighted by molar-refractivity contribution is -0.901. The van der Waals surface area contributed by atoms with Gasteiger partial charge >= 0.3 is 12.2 Å². The molecule has 26 heavy (non-hydrogen) atoms. The monoisotopic (exact) mass is 370 g/mol. The Bertz CT molecular complexity index is 682. The van der Waals surface area contributed by atoms with Crippen molar-refractivity contribution in [3.8, 4) is 0 Å². The van der Waals surface area contributed by atoms with E-state index in [1.54, 1.807) is 0 Å². The van der Waals surface area contributed by atoms with Crippen molar-refractivity contribution >= 4 is 11.9 Å². The second-order valence-corrected chi connectivity index (χ2v) is 7.29. The smallest absolute Gasteiger partial charge is 0.323 e. The molecule has 1 saturated heterocycles. The Kier molecular flexibility index (Phi) is 4.96. The zero-order chi connectivity index (χ0) is 18.9. The average molecular weight is 370 g/mol. The van der Waals surface area contributed by atoms with Crippen LogP contribution in [0.1, 0.15) is 43.2 Å². The van der Waals surface area contributed by atoms with Gasteiger partial charge in [0.1, 0.15) is 12.1 Å². The summed E-state index contributed by atoms with van der Waals surface area (Å²) in [4.78, 5) is 27.1. The molecule has 0 radical (unpaired) electrons. The summed E-state index contributed by atoms with van der Waals surface area (Å²) in [6, 6.07) is 4.59. The number of hydrogen-bond donors (Lipinski definition) is 2. The van der Waals surface area contributed by atoms with Crippen LogP contribution in [-0.4, -0.2) is 36.1 Å². The summed E-state index contributed by atoms with van der Waals surface area (Å²) in [5.74, 6) is -0.172. The van der Waals surface area contributed by atoms with Gasteiger partial charge in [-0.15, -0.1) is 0 Å². The van der Waals surface area contributed by atoms with Crippen LogP contribution in [0.25, 0.3) is 0 Å². The van der Waals surface area contributed by atoms with Gasteiger partial charge in [0.25, 0.3) is 5.91 Å². The Balaban J connectivity index is 1.62. The maximum absolute atomic E-state index is 12.7. The van der Waals surface area contributed by atoms with Gasteiger partial charge in [0.15, 0.2) is 6.67 Å². The maximum Gasteiger partial charge on any atom is 0.416 e. The highest BCUT2D eigenvalue weighted by atomic mass is 19.4. The number of imide groups is 1. The number of amides is 3. The van der Waals surface area contributed by atoms with Crippen LogP contribution in [0, 0.1) is 0 Å². The lowest BCUT2D eigenvalue weighted by Crippen LogP contribution is -3.09. The van der Waals surface area contributed by atoms with E-state index in [0.29, 0.717) is 19.4 Å². The molecule has 1 aliphatic heterocycles. The molecule has 1 aromatic rings. The normalized spacial score (nSPS) is 21.2. The molecule has 0 bridgehead atoms. The number of alkyl halides is 3. The number of halogens is 3. The number of quaternary nitrogens is 1. The van der Waals surface area contributed by atoms with Gasteiger partial charge in [-0.3, -0.25) is 4.79 Å². The fraction of sp³-hybridized carbons (Fsp3) is 0.556. The molecule has 1 saturated carbocycles. The summed E-state index contributed by atoms with van der Waals surface area (Å²) in [6.45, 7) is 0.607. The quantitative estimate of drug-likeness (QED) is 0.796. The number of nitrogens with zero attached hydrogens (tertiary/aromatic N) is 1. The molecule has 1 atom stereocenters. The highest BCUT2D eigenvalue weighted by Crippen LogP contribution is 2.33. The first-order valence-electron chi connectivity index (χ1n) is 8.83. The van der Waals surface area contributed by atoms with Gasteiger partial charge in [0, 0.05) is 5.56 Å². The Morgan fingerprint density at radius 3 is 2.31 bits per heavy atom. The van der Waals surface area contributed by atoms with Gasteiger partial charge in [0.2, 0.25) is 0 Å². The largest absolute Gasteiger partial charge is 0.416 e. The topological polar surface area (TPSA) is 53.9 Å². The number of hydrogen-bond acceptors (Lipinski definition) is 2. The molecule has 3 rings (SSSR count). The molecule has 1 aliphatic carbocycles. The van der Waals surface area contributed by atoms with Crippen molar-refractivity contribution in [3.05, 3.63) is 35.4 Å². The van der Waals surface area contributed by atoms with E-state index in [0.717, 1.165) is 41.9 Å². The zero-order valence-corrected chi connectivity index (χ0v) is 14.7. The van der Waals surface area contributed by atoms with Crippen molar-refractivity contribution < 1.29 is 27.7 Å². The van der Waals surface area contributed by atoms with Crippen molar-refractivity contribution in [3.63, 3.8) is 0 Å². The number of rotatable bonds is 4. The highest BCUT2D eigenvalue weighted by molar-refractivity contribution is 6.06. The first-order chi connectivity index (χ1) is 12.2. The molecule has 1 spiro atoms. The van der Waals surface area contributed by atoms with E-state index in [1.165, 1.54) is 17.0 Å². The summed E-state index contributed by atoms with van der Waals surface area (Å²) in [5.41, 5.74) is -0.716. The molecule has 142 valence electrons. The molecule has 1 heterocycles. The molecular formula is C18H23F3N3O2+. The summed E-state index contributed by atoms with van der Waals surface area (Å²) in [6.07, 6.45) is -0.0874. The molecule has 8 heteroatoms. The Hall–Kier alpha value is -2.09. The van der Waals surface area contributed by atoms with Crippen LogP contribution in [-0.2, 0) is 17.5 Å². The third-order valence-corrected chi connectivity index (χ3v) is 5.17. The maximum atomic E-state index is 12.7. The molecule has 1 aromatic carbocycles. The Morgan fingerprint density at radius 2 is 1.73 bits per heavy atom. The highest BCUT2D eigenvalue weighted by Gasteiger charge is 2.52. The molecule has 5 nitrogen and oxygen atoms in total. The zero-order valence-electron chi connectivity index (χ0n) is 14.7.